The molecule has 1 aromatic rings. The molecule has 0 amide bonds. The van der Waals surface area contributed by atoms with Crippen LogP contribution >= 0.6 is 0 Å². The van der Waals surface area contributed by atoms with Gasteiger partial charge in [0.15, 0.2) is 0 Å². The fourth-order valence-electron chi connectivity index (χ4n) is 1.94. The Morgan fingerprint density at radius 2 is 2.06 bits per heavy atom. The van der Waals surface area contributed by atoms with Crippen molar-refractivity contribution in [3.63, 3.8) is 0 Å². The Bertz CT molecular complexity index is 509. The van der Waals surface area contributed by atoms with Gasteiger partial charge in [-0.05, 0) is 46.6 Å². The summed E-state index contributed by atoms with van der Waals surface area (Å²) >= 11 is 0. The maximum Gasteiger partial charge on any atom is 0.347 e. The van der Waals surface area contributed by atoms with Crippen LogP contribution in [0.3, 0.4) is 0 Å². The summed E-state index contributed by atoms with van der Waals surface area (Å²) in [6, 6.07) is 4.21. The van der Waals surface area contributed by atoms with E-state index in [1.165, 1.54) is 0 Å². The van der Waals surface area contributed by atoms with Gasteiger partial charge in [-0.2, -0.15) is 10.2 Å². The molecule has 0 aromatic carbocycles. The Morgan fingerprint density at radius 1 is 1.39 bits per heavy atom. The van der Waals surface area contributed by atoms with Crippen molar-refractivity contribution >= 4 is 0 Å². The third kappa shape index (κ3) is 3.99. The van der Waals surface area contributed by atoms with Crippen LogP contribution in [-0.2, 0) is 6.54 Å². The summed E-state index contributed by atoms with van der Waals surface area (Å²) in [6.07, 6.45) is 2.70. The molecule has 0 aliphatic rings. The van der Waals surface area contributed by atoms with Gasteiger partial charge < -0.3 is 0 Å². The molecular formula is C14H21N3O. The van der Waals surface area contributed by atoms with E-state index in [9.17, 15) is 4.79 Å². The highest BCUT2D eigenvalue weighted by Gasteiger charge is 2.15. The zero-order chi connectivity index (χ0) is 13.8. The standard InChI is InChI=1S/C14H21N3O/c1-11-9-12(2)17(13(18)16-11)8-6-5-7-14(3,4)10-15/h9H,5-8H2,1-4H3. The van der Waals surface area contributed by atoms with Gasteiger partial charge in [-0.15, -0.1) is 0 Å². The van der Waals surface area contributed by atoms with Gasteiger partial charge in [0.1, 0.15) is 0 Å². The average molecular weight is 247 g/mol. The Balaban J connectivity index is 2.56. The van der Waals surface area contributed by atoms with Crippen molar-refractivity contribution in [3.05, 3.63) is 27.9 Å². The first kappa shape index (κ1) is 14.4. The molecule has 4 nitrogen and oxygen atoms in total. The SMILES string of the molecule is Cc1cc(C)n(CCCCC(C)(C)C#N)c(=O)n1. The predicted octanol–water partition coefficient (Wildman–Crippen LogP) is 2.58. The quantitative estimate of drug-likeness (QED) is 0.751. The second-order valence-electron chi connectivity index (χ2n) is 5.43. The van der Waals surface area contributed by atoms with Gasteiger partial charge in [-0.3, -0.25) is 4.57 Å². The van der Waals surface area contributed by atoms with Crippen molar-refractivity contribution in [2.24, 2.45) is 5.41 Å². The second kappa shape index (κ2) is 5.81. The van der Waals surface area contributed by atoms with Gasteiger partial charge >= 0.3 is 5.69 Å². The first-order valence-corrected chi connectivity index (χ1v) is 6.32. The number of nitrogens with zero attached hydrogens (tertiary/aromatic N) is 3. The summed E-state index contributed by atoms with van der Waals surface area (Å²) in [5.74, 6) is 0. The van der Waals surface area contributed by atoms with Crippen LogP contribution in [-0.4, -0.2) is 9.55 Å². The summed E-state index contributed by atoms with van der Waals surface area (Å²) in [5, 5.41) is 8.91. The van der Waals surface area contributed by atoms with Crippen LogP contribution in [0.25, 0.3) is 0 Å². The second-order valence-corrected chi connectivity index (χ2v) is 5.43. The molecule has 0 bridgehead atoms. The smallest absolute Gasteiger partial charge is 0.297 e. The topological polar surface area (TPSA) is 58.7 Å². The van der Waals surface area contributed by atoms with Crippen molar-refractivity contribution in [1.29, 1.82) is 5.26 Å². The summed E-state index contributed by atoms with van der Waals surface area (Å²) in [4.78, 5) is 15.6. The van der Waals surface area contributed by atoms with Crippen LogP contribution in [0.5, 0.6) is 0 Å². The van der Waals surface area contributed by atoms with Crippen LogP contribution in [0.4, 0.5) is 0 Å². The Hall–Kier alpha value is -1.63. The molecule has 4 heteroatoms. The van der Waals surface area contributed by atoms with E-state index in [2.05, 4.69) is 11.1 Å². The van der Waals surface area contributed by atoms with Crippen molar-refractivity contribution in [3.8, 4) is 6.07 Å². The summed E-state index contributed by atoms with van der Waals surface area (Å²) in [5.41, 5.74) is 1.27. The van der Waals surface area contributed by atoms with E-state index in [-0.39, 0.29) is 11.1 Å². The molecule has 18 heavy (non-hydrogen) atoms. The van der Waals surface area contributed by atoms with Gasteiger partial charge in [0, 0.05) is 17.9 Å². The van der Waals surface area contributed by atoms with Gasteiger partial charge in [0.05, 0.1) is 11.5 Å². The first-order valence-electron chi connectivity index (χ1n) is 6.32. The highest BCUT2D eigenvalue weighted by atomic mass is 16.1. The van der Waals surface area contributed by atoms with Crippen molar-refractivity contribution < 1.29 is 0 Å². The number of aryl methyl sites for hydroxylation is 2. The van der Waals surface area contributed by atoms with E-state index in [1.54, 1.807) is 4.57 Å². The molecule has 0 atom stereocenters. The maximum absolute atomic E-state index is 11.7. The van der Waals surface area contributed by atoms with Crippen molar-refractivity contribution in [2.75, 3.05) is 0 Å². The fraction of sp³-hybridized carbons (Fsp3) is 0.643. The van der Waals surface area contributed by atoms with Gasteiger partial charge in [0.2, 0.25) is 0 Å². The molecule has 0 aliphatic heterocycles. The van der Waals surface area contributed by atoms with Crippen LogP contribution in [0.15, 0.2) is 10.9 Å². The molecule has 0 radical (unpaired) electrons. The van der Waals surface area contributed by atoms with Crippen LogP contribution in [0, 0.1) is 30.6 Å². The molecule has 1 rings (SSSR count). The molecule has 0 spiro atoms. The summed E-state index contributed by atoms with van der Waals surface area (Å²) in [6.45, 7) is 8.32. The minimum Gasteiger partial charge on any atom is -0.297 e. The molecule has 0 saturated carbocycles. The third-order valence-electron chi connectivity index (χ3n) is 3.08. The molecule has 1 heterocycles. The molecule has 0 unspecified atom stereocenters. The monoisotopic (exact) mass is 247 g/mol. The Kier molecular flexibility index (Phi) is 4.66. The zero-order valence-electron chi connectivity index (χ0n) is 11.7. The van der Waals surface area contributed by atoms with Gasteiger partial charge in [-0.25, -0.2) is 4.79 Å². The van der Waals surface area contributed by atoms with Crippen molar-refractivity contribution in [1.82, 2.24) is 9.55 Å². The number of hydrogen-bond donors (Lipinski definition) is 0. The summed E-state index contributed by atoms with van der Waals surface area (Å²) in [7, 11) is 0. The molecule has 0 fully saturated rings. The summed E-state index contributed by atoms with van der Waals surface area (Å²) < 4.78 is 1.70. The lowest BCUT2D eigenvalue weighted by Crippen LogP contribution is -2.25. The highest BCUT2D eigenvalue weighted by molar-refractivity contribution is 5.06. The largest absolute Gasteiger partial charge is 0.347 e. The lowest BCUT2D eigenvalue weighted by atomic mass is 9.89. The fourth-order valence-corrected chi connectivity index (χ4v) is 1.94. The average Bonchev–Trinajstić information content (AvgIpc) is 2.26. The highest BCUT2D eigenvalue weighted by Crippen LogP contribution is 2.21. The third-order valence-corrected chi connectivity index (χ3v) is 3.08. The molecule has 98 valence electrons. The number of aromatic nitrogens is 2. The van der Waals surface area contributed by atoms with E-state index in [0.29, 0.717) is 6.54 Å². The van der Waals surface area contributed by atoms with Crippen LogP contribution in [0.2, 0.25) is 0 Å². The predicted molar refractivity (Wildman–Crippen MR) is 71.2 cm³/mol. The van der Waals surface area contributed by atoms with Gasteiger partial charge in [-0.1, -0.05) is 6.42 Å². The first-order chi connectivity index (χ1) is 8.35. The van der Waals surface area contributed by atoms with E-state index in [4.69, 9.17) is 5.26 Å². The van der Waals surface area contributed by atoms with E-state index >= 15 is 0 Å². The molecule has 0 N–H and O–H groups in total. The lowest BCUT2D eigenvalue weighted by Gasteiger charge is -2.15. The minimum atomic E-state index is -0.272. The van der Waals surface area contributed by atoms with E-state index in [0.717, 1.165) is 30.7 Å². The Morgan fingerprint density at radius 3 is 2.61 bits per heavy atom. The molecule has 0 saturated heterocycles. The number of rotatable bonds is 5. The van der Waals surface area contributed by atoms with Gasteiger partial charge in [0.25, 0.3) is 0 Å². The van der Waals surface area contributed by atoms with E-state index in [1.807, 2.05) is 33.8 Å². The molecule has 1 aromatic heterocycles. The lowest BCUT2D eigenvalue weighted by molar-refractivity contribution is 0.413. The van der Waals surface area contributed by atoms with Crippen LogP contribution in [0.1, 0.15) is 44.5 Å². The number of nitriles is 1. The normalized spacial score (nSPS) is 11.3. The molecule has 0 aliphatic carbocycles. The maximum atomic E-state index is 11.7. The number of hydrogen-bond acceptors (Lipinski definition) is 3. The van der Waals surface area contributed by atoms with Crippen LogP contribution < -0.4 is 5.69 Å². The minimum absolute atomic E-state index is 0.174. The number of unbranched alkanes of at least 4 members (excludes halogenated alkanes) is 1. The molecular weight excluding hydrogens is 226 g/mol. The van der Waals surface area contributed by atoms with E-state index < -0.39 is 0 Å². The zero-order valence-corrected chi connectivity index (χ0v) is 11.7. The Labute approximate surface area is 108 Å². The van der Waals surface area contributed by atoms with Crippen molar-refractivity contribution in [2.45, 2.75) is 53.5 Å².